The highest BCUT2D eigenvalue weighted by Crippen LogP contribution is 2.30. The van der Waals surface area contributed by atoms with Crippen LogP contribution in [0.2, 0.25) is 0 Å². The lowest BCUT2D eigenvalue weighted by Gasteiger charge is -2.34. The molecule has 1 saturated heterocycles. The second-order valence-corrected chi connectivity index (χ2v) is 8.30. The van der Waals surface area contributed by atoms with Crippen molar-refractivity contribution in [2.75, 3.05) is 19.6 Å². The van der Waals surface area contributed by atoms with Gasteiger partial charge in [0.25, 0.3) is 11.8 Å². The summed E-state index contributed by atoms with van der Waals surface area (Å²) in [4.78, 5) is 22.7. The number of halogens is 2. The van der Waals surface area contributed by atoms with Gasteiger partial charge in [-0.25, -0.2) is 19.4 Å². The third-order valence-corrected chi connectivity index (χ3v) is 6.15. The third kappa shape index (κ3) is 4.55. The van der Waals surface area contributed by atoms with Crippen LogP contribution in [0.3, 0.4) is 0 Å². The van der Waals surface area contributed by atoms with Crippen molar-refractivity contribution < 1.29 is 23.0 Å². The molecule has 0 saturated carbocycles. The summed E-state index contributed by atoms with van der Waals surface area (Å²) >= 11 is 0. The average Bonchev–Trinajstić information content (AvgIpc) is 3.43. The van der Waals surface area contributed by atoms with Crippen LogP contribution in [0.25, 0.3) is 5.95 Å². The smallest absolute Gasteiger partial charge is 0.388 e. The van der Waals surface area contributed by atoms with Gasteiger partial charge in [0.15, 0.2) is 0 Å². The molecule has 1 aromatic carbocycles. The van der Waals surface area contributed by atoms with Crippen LogP contribution in [0.1, 0.15) is 44.2 Å². The molecule has 2 aromatic heterocycles. The van der Waals surface area contributed by atoms with Crippen molar-refractivity contribution in [3.63, 3.8) is 0 Å². The maximum absolute atomic E-state index is 12.5. The minimum atomic E-state index is -3.09. The number of carbonyl (C=O) groups excluding carboxylic acids is 1. The molecule has 10 nitrogen and oxygen atoms in total. The van der Waals surface area contributed by atoms with Gasteiger partial charge in [-0.3, -0.25) is 4.90 Å². The predicted molar refractivity (Wildman–Crippen MR) is 117 cm³/mol. The number of benzene rings is 1. The van der Waals surface area contributed by atoms with E-state index in [0.29, 0.717) is 18.7 Å². The van der Waals surface area contributed by atoms with Crippen LogP contribution < -0.4 is 10.1 Å². The van der Waals surface area contributed by atoms with Crippen molar-refractivity contribution in [2.24, 2.45) is 0 Å². The SMILES string of the molecule is Cc1c([C@@H]2CN(Cc3cnc(-n4cc(C#N)c(OC(F)F)n4)nc3)CCN2)ccc2c1COC2=O. The summed E-state index contributed by atoms with van der Waals surface area (Å²) in [6.07, 6.45) is 4.53. The molecule has 2 aliphatic rings. The number of fused-ring (bicyclic) bond motifs is 1. The number of nitriles is 1. The highest BCUT2D eigenvalue weighted by Gasteiger charge is 2.28. The van der Waals surface area contributed by atoms with E-state index in [9.17, 15) is 13.6 Å². The minimum absolute atomic E-state index is 0.103. The molecule has 0 bridgehead atoms. The molecule has 3 aromatic rings. The zero-order valence-corrected chi connectivity index (χ0v) is 18.7. The molecule has 5 rings (SSSR count). The lowest BCUT2D eigenvalue weighted by molar-refractivity contribution is -0.0532. The number of nitrogens with zero attached hydrogens (tertiary/aromatic N) is 6. The van der Waals surface area contributed by atoms with E-state index in [-0.39, 0.29) is 23.5 Å². The van der Waals surface area contributed by atoms with E-state index in [4.69, 9.17) is 10.00 Å². The Morgan fingerprint density at radius 2 is 2.14 bits per heavy atom. The van der Waals surface area contributed by atoms with Gasteiger partial charge in [-0.2, -0.15) is 14.0 Å². The van der Waals surface area contributed by atoms with Crippen molar-refractivity contribution in [1.29, 1.82) is 5.26 Å². The number of hydrogen-bond acceptors (Lipinski definition) is 9. The number of esters is 1. The Morgan fingerprint density at radius 3 is 2.89 bits per heavy atom. The second-order valence-electron chi connectivity index (χ2n) is 8.30. The molecule has 0 unspecified atom stereocenters. The van der Waals surface area contributed by atoms with Crippen LogP contribution in [0.15, 0.2) is 30.7 Å². The van der Waals surface area contributed by atoms with Gasteiger partial charge in [-0.05, 0) is 24.1 Å². The van der Waals surface area contributed by atoms with E-state index in [2.05, 4.69) is 30.0 Å². The number of nitrogens with one attached hydrogen (secondary N) is 1. The Bertz CT molecular complexity index is 1300. The Kier molecular flexibility index (Phi) is 6.10. The molecule has 35 heavy (non-hydrogen) atoms. The van der Waals surface area contributed by atoms with Gasteiger partial charge in [-0.15, -0.1) is 5.10 Å². The molecule has 1 fully saturated rings. The summed E-state index contributed by atoms with van der Waals surface area (Å²) in [6, 6.07) is 5.69. The quantitative estimate of drug-likeness (QED) is 0.529. The maximum atomic E-state index is 12.5. The van der Waals surface area contributed by atoms with Gasteiger partial charge in [0.2, 0.25) is 0 Å². The summed E-state index contributed by atoms with van der Waals surface area (Å²) in [5, 5.41) is 16.5. The van der Waals surface area contributed by atoms with Gasteiger partial charge < -0.3 is 14.8 Å². The monoisotopic (exact) mass is 481 g/mol. The van der Waals surface area contributed by atoms with E-state index in [1.165, 1.54) is 6.20 Å². The topological polar surface area (TPSA) is 118 Å². The first-order valence-electron chi connectivity index (χ1n) is 10.9. The zero-order valence-electron chi connectivity index (χ0n) is 18.7. The van der Waals surface area contributed by atoms with E-state index in [0.717, 1.165) is 46.6 Å². The van der Waals surface area contributed by atoms with Gasteiger partial charge in [0.05, 0.1) is 11.8 Å². The highest BCUT2D eigenvalue weighted by atomic mass is 19.3. The molecule has 2 aliphatic heterocycles. The summed E-state index contributed by atoms with van der Waals surface area (Å²) in [6.45, 7) is 2.26. The third-order valence-electron chi connectivity index (χ3n) is 6.15. The standard InChI is InChI=1S/C23H21F2N7O3/c1-13-16(2-3-17-18(13)12-34-21(17)33)19-11-31(5-4-27-19)9-14-7-28-23(29-8-14)32-10-15(6-26)20(30-32)35-22(24)25/h2-3,7-8,10,19,22,27H,4-5,9,11-12H2,1H3/t19-/m0/s1. The molecule has 0 spiro atoms. The van der Waals surface area contributed by atoms with E-state index in [1.54, 1.807) is 18.5 Å². The number of ether oxygens (including phenoxy) is 2. The fraction of sp³-hybridized carbons (Fsp3) is 0.348. The molecule has 0 radical (unpaired) electrons. The lowest BCUT2D eigenvalue weighted by atomic mass is 9.93. The Labute approximate surface area is 199 Å². The van der Waals surface area contributed by atoms with Crippen molar-refractivity contribution in [2.45, 2.75) is 32.7 Å². The van der Waals surface area contributed by atoms with Gasteiger partial charge in [0.1, 0.15) is 18.2 Å². The van der Waals surface area contributed by atoms with Crippen molar-refractivity contribution in [3.8, 4) is 17.9 Å². The van der Waals surface area contributed by atoms with Crippen LogP contribution in [0, 0.1) is 18.3 Å². The number of aromatic nitrogens is 4. The number of cyclic esters (lactones) is 1. The van der Waals surface area contributed by atoms with Crippen molar-refractivity contribution in [1.82, 2.24) is 30.0 Å². The number of hydrogen-bond donors (Lipinski definition) is 1. The molecule has 0 aliphatic carbocycles. The molecule has 1 atom stereocenters. The molecule has 4 heterocycles. The molecular formula is C23H21F2N7O3. The number of alkyl halides is 2. The summed E-state index contributed by atoms with van der Waals surface area (Å²) in [5.41, 5.74) is 4.55. The fourth-order valence-electron chi connectivity index (χ4n) is 4.42. The largest absolute Gasteiger partial charge is 0.457 e. The number of rotatable bonds is 6. The molecule has 1 N–H and O–H groups in total. The molecule has 180 valence electrons. The Balaban J connectivity index is 1.27. The summed E-state index contributed by atoms with van der Waals surface area (Å²) < 4.78 is 35.6. The van der Waals surface area contributed by atoms with E-state index in [1.807, 2.05) is 19.1 Å². The Hall–Kier alpha value is -3.95. The first-order chi connectivity index (χ1) is 16.9. The normalized spacial score (nSPS) is 17.8. The second kappa shape index (κ2) is 9.36. The van der Waals surface area contributed by atoms with Gasteiger partial charge in [0, 0.05) is 55.7 Å². The summed E-state index contributed by atoms with van der Waals surface area (Å²) in [7, 11) is 0. The van der Waals surface area contributed by atoms with Crippen LogP contribution in [0.4, 0.5) is 8.78 Å². The minimum Gasteiger partial charge on any atom is -0.457 e. The van der Waals surface area contributed by atoms with Gasteiger partial charge >= 0.3 is 12.6 Å². The Morgan fingerprint density at radius 1 is 1.34 bits per heavy atom. The van der Waals surface area contributed by atoms with Crippen LogP contribution in [-0.2, 0) is 17.9 Å². The first kappa shape index (κ1) is 22.8. The lowest BCUT2D eigenvalue weighted by Crippen LogP contribution is -2.45. The summed E-state index contributed by atoms with van der Waals surface area (Å²) in [5.74, 6) is -0.606. The predicted octanol–water partition coefficient (Wildman–Crippen LogP) is 2.26. The molecular weight excluding hydrogens is 460 g/mol. The van der Waals surface area contributed by atoms with Crippen molar-refractivity contribution >= 4 is 5.97 Å². The fourth-order valence-corrected chi connectivity index (χ4v) is 4.42. The van der Waals surface area contributed by atoms with E-state index < -0.39 is 12.5 Å². The first-order valence-corrected chi connectivity index (χ1v) is 10.9. The average molecular weight is 481 g/mol. The van der Waals surface area contributed by atoms with Crippen molar-refractivity contribution in [3.05, 3.63) is 64.1 Å². The maximum Gasteiger partial charge on any atom is 0.388 e. The van der Waals surface area contributed by atoms with Crippen LogP contribution in [-0.4, -0.2) is 56.9 Å². The highest BCUT2D eigenvalue weighted by molar-refractivity contribution is 5.94. The molecule has 12 heteroatoms. The zero-order chi connectivity index (χ0) is 24.5. The number of carbonyl (C=O) groups is 1. The van der Waals surface area contributed by atoms with Gasteiger partial charge in [-0.1, -0.05) is 6.07 Å². The molecule has 0 amide bonds. The van der Waals surface area contributed by atoms with E-state index >= 15 is 0 Å². The van der Waals surface area contributed by atoms with Crippen LogP contribution >= 0.6 is 0 Å². The van der Waals surface area contributed by atoms with Crippen LogP contribution in [0.5, 0.6) is 5.88 Å². The number of piperazine rings is 1.